The SMILES string of the molecule is CCN(CC)CCNCCN1CCSCC1. The molecule has 16 heavy (non-hydrogen) atoms. The molecule has 1 saturated heterocycles. The lowest BCUT2D eigenvalue weighted by molar-refractivity contribution is 0.283. The summed E-state index contributed by atoms with van der Waals surface area (Å²) in [7, 11) is 0. The lowest BCUT2D eigenvalue weighted by Gasteiger charge is -2.26. The van der Waals surface area contributed by atoms with Crippen molar-refractivity contribution >= 4 is 11.8 Å². The van der Waals surface area contributed by atoms with E-state index >= 15 is 0 Å². The van der Waals surface area contributed by atoms with E-state index in [2.05, 4.69) is 40.7 Å². The zero-order valence-corrected chi connectivity index (χ0v) is 11.7. The third kappa shape index (κ3) is 6.09. The predicted octanol–water partition coefficient (Wildman–Crippen LogP) is 0.967. The molecule has 1 aliphatic rings. The van der Waals surface area contributed by atoms with Crippen LogP contribution in [0.25, 0.3) is 0 Å². The van der Waals surface area contributed by atoms with Gasteiger partial charge in [-0.25, -0.2) is 0 Å². The van der Waals surface area contributed by atoms with Crippen LogP contribution in [0.2, 0.25) is 0 Å². The lowest BCUT2D eigenvalue weighted by Crippen LogP contribution is -2.39. The first kappa shape index (κ1) is 14.3. The van der Waals surface area contributed by atoms with Gasteiger partial charge in [-0.1, -0.05) is 13.8 Å². The van der Waals surface area contributed by atoms with Crippen molar-refractivity contribution in [2.24, 2.45) is 0 Å². The molecule has 1 aliphatic heterocycles. The second kappa shape index (κ2) is 9.28. The highest BCUT2D eigenvalue weighted by Gasteiger charge is 2.08. The highest BCUT2D eigenvalue weighted by Crippen LogP contribution is 2.07. The van der Waals surface area contributed by atoms with Gasteiger partial charge in [0.05, 0.1) is 0 Å². The lowest BCUT2D eigenvalue weighted by atomic mass is 10.4. The fraction of sp³-hybridized carbons (Fsp3) is 1.00. The summed E-state index contributed by atoms with van der Waals surface area (Å²) < 4.78 is 0. The minimum absolute atomic E-state index is 1.13. The van der Waals surface area contributed by atoms with E-state index in [1.54, 1.807) is 0 Å². The van der Waals surface area contributed by atoms with E-state index < -0.39 is 0 Å². The molecule has 1 rings (SSSR count). The van der Waals surface area contributed by atoms with E-state index in [-0.39, 0.29) is 0 Å². The van der Waals surface area contributed by atoms with Crippen molar-refractivity contribution in [3.05, 3.63) is 0 Å². The molecule has 1 heterocycles. The van der Waals surface area contributed by atoms with Crippen molar-refractivity contribution in [2.45, 2.75) is 13.8 Å². The van der Waals surface area contributed by atoms with Gasteiger partial charge in [-0.05, 0) is 13.1 Å². The van der Waals surface area contributed by atoms with Crippen molar-refractivity contribution < 1.29 is 0 Å². The molecule has 1 N–H and O–H groups in total. The smallest absolute Gasteiger partial charge is 0.0108 e. The van der Waals surface area contributed by atoms with E-state index in [0.717, 1.165) is 13.1 Å². The fourth-order valence-corrected chi connectivity index (χ4v) is 2.94. The Morgan fingerprint density at radius 2 is 1.81 bits per heavy atom. The number of hydrogen-bond donors (Lipinski definition) is 1. The first-order chi connectivity index (χ1) is 7.86. The highest BCUT2D eigenvalue weighted by molar-refractivity contribution is 7.99. The van der Waals surface area contributed by atoms with Crippen LogP contribution < -0.4 is 5.32 Å². The zero-order chi connectivity index (χ0) is 11.6. The quantitative estimate of drug-likeness (QED) is 0.642. The van der Waals surface area contributed by atoms with Crippen LogP contribution in [0.15, 0.2) is 0 Å². The van der Waals surface area contributed by atoms with E-state index in [1.165, 1.54) is 50.8 Å². The third-order valence-electron chi connectivity index (χ3n) is 3.21. The molecule has 1 fully saturated rings. The Labute approximate surface area is 105 Å². The summed E-state index contributed by atoms with van der Waals surface area (Å²) in [5, 5.41) is 3.54. The van der Waals surface area contributed by atoms with Crippen molar-refractivity contribution in [1.82, 2.24) is 15.1 Å². The molecule has 0 spiro atoms. The number of hydrogen-bond acceptors (Lipinski definition) is 4. The summed E-state index contributed by atoms with van der Waals surface area (Å²) in [6, 6.07) is 0. The molecular weight excluding hydrogens is 218 g/mol. The third-order valence-corrected chi connectivity index (χ3v) is 4.15. The minimum atomic E-state index is 1.13. The number of rotatable bonds is 8. The molecule has 0 aromatic heterocycles. The van der Waals surface area contributed by atoms with Crippen molar-refractivity contribution in [3.8, 4) is 0 Å². The van der Waals surface area contributed by atoms with E-state index in [4.69, 9.17) is 0 Å². The van der Waals surface area contributed by atoms with Gasteiger partial charge in [-0.3, -0.25) is 0 Å². The Bertz CT molecular complexity index is 156. The molecule has 0 aromatic carbocycles. The normalized spacial score (nSPS) is 18.2. The summed E-state index contributed by atoms with van der Waals surface area (Å²) in [5.41, 5.74) is 0. The molecule has 0 saturated carbocycles. The molecule has 0 bridgehead atoms. The van der Waals surface area contributed by atoms with Gasteiger partial charge in [0, 0.05) is 50.8 Å². The van der Waals surface area contributed by atoms with Gasteiger partial charge in [-0.2, -0.15) is 11.8 Å². The molecule has 3 nitrogen and oxygen atoms in total. The number of thioether (sulfide) groups is 1. The largest absolute Gasteiger partial charge is 0.314 e. The van der Waals surface area contributed by atoms with Crippen LogP contribution in [-0.2, 0) is 0 Å². The monoisotopic (exact) mass is 245 g/mol. The molecule has 96 valence electrons. The van der Waals surface area contributed by atoms with Gasteiger partial charge in [-0.15, -0.1) is 0 Å². The maximum Gasteiger partial charge on any atom is 0.0108 e. The molecule has 0 atom stereocenters. The second-order valence-corrected chi connectivity index (χ2v) is 5.46. The number of nitrogens with zero attached hydrogens (tertiary/aromatic N) is 2. The first-order valence-corrected chi connectivity index (χ1v) is 7.75. The molecular formula is C12H27N3S. The van der Waals surface area contributed by atoms with E-state index in [1.807, 2.05) is 0 Å². The maximum absolute atomic E-state index is 3.54. The molecule has 0 aliphatic carbocycles. The molecule has 4 heteroatoms. The Morgan fingerprint density at radius 1 is 1.12 bits per heavy atom. The van der Waals surface area contributed by atoms with Crippen LogP contribution in [-0.4, -0.2) is 73.7 Å². The summed E-state index contributed by atoms with van der Waals surface area (Å²) in [5.74, 6) is 2.64. The van der Waals surface area contributed by atoms with Gasteiger partial charge in [0.15, 0.2) is 0 Å². The van der Waals surface area contributed by atoms with Crippen LogP contribution in [0.1, 0.15) is 13.8 Å². The standard InChI is InChI=1S/C12H27N3S/c1-3-14(4-2)7-5-13-6-8-15-9-11-16-12-10-15/h13H,3-12H2,1-2H3. The Morgan fingerprint density at radius 3 is 2.44 bits per heavy atom. The summed E-state index contributed by atoms with van der Waals surface area (Å²) in [6.07, 6.45) is 0. The second-order valence-electron chi connectivity index (χ2n) is 4.23. The molecule has 0 amide bonds. The van der Waals surface area contributed by atoms with E-state index in [9.17, 15) is 0 Å². The maximum atomic E-state index is 3.54. The van der Waals surface area contributed by atoms with Gasteiger partial charge in [0.2, 0.25) is 0 Å². The van der Waals surface area contributed by atoms with Gasteiger partial charge in [0.25, 0.3) is 0 Å². The predicted molar refractivity (Wildman–Crippen MR) is 74.4 cm³/mol. The zero-order valence-electron chi connectivity index (χ0n) is 10.9. The fourth-order valence-electron chi connectivity index (χ4n) is 1.96. The number of nitrogens with one attached hydrogen (secondary N) is 1. The van der Waals surface area contributed by atoms with Crippen LogP contribution in [0, 0.1) is 0 Å². The van der Waals surface area contributed by atoms with E-state index in [0.29, 0.717) is 0 Å². The van der Waals surface area contributed by atoms with Gasteiger partial charge < -0.3 is 15.1 Å². The average Bonchev–Trinajstić information content (AvgIpc) is 2.35. The minimum Gasteiger partial charge on any atom is -0.314 e. The van der Waals surface area contributed by atoms with Crippen LogP contribution in [0.4, 0.5) is 0 Å². The van der Waals surface area contributed by atoms with Crippen molar-refractivity contribution in [2.75, 3.05) is 63.9 Å². The van der Waals surface area contributed by atoms with Crippen LogP contribution in [0.5, 0.6) is 0 Å². The van der Waals surface area contributed by atoms with Gasteiger partial charge >= 0.3 is 0 Å². The Hall–Kier alpha value is 0.230. The summed E-state index contributed by atoms with van der Waals surface area (Å²) in [6.45, 7) is 14.0. The summed E-state index contributed by atoms with van der Waals surface area (Å²) >= 11 is 2.08. The number of likely N-dealkylation sites (N-methyl/N-ethyl adjacent to an activating group) is 1. The van der Waals surface area contributed by atoms with Crippen molar-refractivity contribution in [1.29, 1.82) is 0 Å². The van der Waals surface area contributed by atoms with Gasteiger partial charge in [0.1, 0.15) is 0 Å². The highest BCUT2D eigenvalue weighted by atomic mass is 32.2. The van der Waals surface area contributed by atoms with Crippen molar-refractivity contribution in [3.63, 3.8) is 0 Å². The Balaban J connectivity index is 1.90. The molecule has 0 aromatic rings. The average molecular weight is 245 g/mol. The Kier molecular flexibility index (Phi) is 8.29. The van der Waals surface area contributed by atoms with Crippen LogP contribution >= 0.6 is 11.8 Å². The molecule has 0 radical (unpaired) electrons. The molecule has 0 unspecified atom stereocenters. The summed E-state index contributed by atoms with van der Waals surface area (Å²) in [4.78, 5) is 5.03. The first-order valence-electron chi connectivity index (χ1n) is 6.60. The van der Waals surface area contributed by atoms with Crippen LogP contribution in [0.3, 0.4) is 0 Å². The topological polar surface area (TPSA) is 18.5 Å².